The zero-order valence-corrected chi connectivity index (χ0v) is 12.5. The summed E-state index contributed by atoms with van der Waals surface area (Å²) in [5, 5.41) is 1.02. The highest BCUT2D eigenvalue weighted by Gasteiger charge is 2.14. The van der Waals surface area contributed by atoms with E-state index in [1.54, 1.807) is 17.4 Å². The minimum atomic E-state index is -0.294. The molecule has 0 spiro atoms. The second-order valence-electron chi connectivity index (χ2n) is 4.51. The monoisotopic (exact) mass is 309 g/mol. The molecule has 0 saturated heterocycles. The number of benzene rings is 1. The van der Waals surface area contributed by atoms with Crippen molar-refractivity contribution in [3.8, 4) is 0 Å². The van der Waals surface area contributed by atoms with Crippen LogP contribution in [0.2, 0.25) is 0 Å². The molecule has 0 fully saturated rings. The third-order valence-electron chi connectivity index (χ3n) is 3.11. The Hall–Kier alpha value is -1.46. The Morgan fingerprint density at radius 2 is 2.25 bits per heavy atom. The summed E-state index contributed by atoms with van der Waals surface area (Å²) in [7, 11) is 0. The lowest BCUT2D eigenvalue weighted by Crippen LogP contribution is -2.04. The van der Waals surface area contributed by atoms with Crippen molar-refractivity contribution in [1.29, 1.82) is 0 Å². The second kappa shape index (κ2) is 5.50. The van der Waals surface area contributed by atoms with E-state index in [2.05, 4.69) is 9.97 Å². The molecule has 1 aromatic carbocycles. The highest BCUT2D eigenvalue weighted by atomic mass is 35.5. The van der Waals surface area contributed by atoms with Crippen molar-refractivity contribution in [2.45, 2.75) is 19.9 Å². The summed E-state index contributed by atoms with van der Waals surface area (Å²) in [5.74, 6) is 0.982. The Morgan fingerprint density at radius 3 is 2.95 bits per heavy atom. The minimum Gasteiger partial charge on any atom is -0.322 e. The Bertz CT molecular complexity index is 750. The molecule has 3 nitrogen and oxygen atoms in total. The Labute approximate surface area is 125 Å². The lowest BCUT2D eigenvalue weighted by atomic mass is 10.3. The topological polar surface area (TPSA) is 30.7 Å². The number of imidazole rings is 1. The molecule has 0 radical (unpaired) electrons. The number of rotatable bonds is 4. The molecule has 0 aliphatic heterocycles. The maximum Gasteiger partial charge on any atom is 0.151 e. The Kier molecular flexibility index (Phi) is 3.72. The van der Waals surface area contributed by atoms with Gasteiger partial charge in [0.05, 0.1) is 17.1 Å². The average molecular weight is 310 g/mol. The van der Waals surface area contributed by atoms with Gasteiger partial charge in [0.2, 0.25) is 0 Å². The van der Waals surface area contributed by atoms with Crippen molar-refractivity contribution < 1.29 is 4.39 Å². The van der Waals surface area contributed by atoms with Crippen molar-refractivity contribution in [1.82, 2.24) is 14.5 Å². The van der Waals surface area contributed by atoms with Crippen molar-refractivity contribution in [3.05, 3.63) is 45.9 Å². The Balaban J connectivity index is 2.11. The molecule has 0 N–H and O–H groups in total. The van der Waals surface area contributed by atoms with E-state index in [4.69, 9.17) is 11.6 Å². The van der Waals surface area contributed by atoms with Gasteiger partial charge in [-0.15, -0.1) is 22.9 Å². The van der Waals surface area contributed by atoms with Crippen molar-refractivity contribution in [2.75, 3.05) is 5.88 Å². The highest BCUT2D eigenvalue weighted by molar-refractivity contribution is 7.11. The van der Waals surface area contributed by atoms with Crippen LogP contribution in [-0.2, 0) is 13.0 Å². The molecule has 0 aliphatic carbocycles. The van der Waals surface area contributed by atoms with E-state index >= 15 is 0 Å². The molecule has 0 bridgehead atoms. The molecule has 2 aromatic heterocycles. The summed E-state index contributed by atoms with van der Waals surface area (Å²) in [4.78, 5) is 9.77. The molecule has 2 heterocycles. The van der Waals surface area contributed by atoms with Crippen LogP contribution in [0.1, 0.15) is 15.7 Å². The van der Waals surface area contributed by atoms with Crippen LogP contribution in [-0.4, -0.2) is 20.4 Å². The van der Waals surface area contributed by atoms with Gasteiger partial charge in [0, 0.05) is 23.4 Å². The number of alkyl halides is 1. The predicted molar refractivity (Wildman–Crippen MR) is 80.1 cm³/mol. The minimum absolute atomic E-state index is 0.294. The number of aromatic nitrogens is 3. The van der Waals surface area contributed by atoms with E-state index in [1.165, 1.54) is 6.07 Å². The molecule has 0 unspecified atom stereocenters. The van der Waals surface area contributed by atoms with E-state index in [1.807, 2.05) is 23.8 Å². The molecule has 0 aliphatic rings. The first kappa shape index (κ1) is 13.5. The van der Waals surface area contributed by atoms with Gasteiger partial charge >= 0.3 is 0 Å². The highest BCUT2D eigenvalue weighted by Crippen LogP contribution is 2.23. The second-order valence-corrected chi connectivity index (χ2v) is 6.20. The van der Waals surface area contributed by atoms with Gasteiger partial charge in [-0.2, -0.15) is 0 Å². The summed E-state index contributed by atoms with van der Waals surface area (Å²) in [6.45, 7) is 2.62. The van der Waals surface area contributed by atoms with Crippen LogP contribution in [0, 0.1) is 12.7 Å². The molecular formula is C14H13ClFN3S. The molecular weight excluding hydrogens is 297 g/mol. The molecule has 6 heteroatoms. The molecule has 104 valence electrons. The maximum absolute atomic E-state index is 13.8. The third-order valence-corrected chi connectivity index (χ3v) is 4.20. The van der Waals surface area contributed by atoms with E-state index in [0.717, 1.165) is 21.2 Å². The van der Waals surface area contributed by atoms with Crippen LogP contribution < -0.4 is 0 Å². The Morgan fingerprint density at radius 1 is 1.40 bits per heavy atom. The van der Waals surface area contributed by atoms with Crippen LogP contribution in [0.3, 0.4) is 0 Å². The van der Waals surface area contributed by atoms with Crippen LogP contribution in [0.15, 0.2) is 24.4 Å². The first-order chi connectivity index (χ1) is 9.69. The molecule has 0 atom stereocenters. The lowest BCUT2D eigenvalue weighted by molar-refractivity contribution is 0.637. The fourth-order valence-corrected chi connectivity index (χ4v) is 3.20. The van der Waals surface area contributed by atoms with Crippen LogP contribution in [0.4, 0.5) is 4.39 Å². The summed E-state index contributed by atoms with van der Waals surface area (Å²) < 4.78 is 15.9. The first-order valence-electron chi connectivity index (χ1n) is 6.30. The molecule has 20 heavy (non-hydrogen) atoms. The van der Waals surface area contributed by atoms with Crippen molar-refractivity contribution in [3.63, 3.8) is 0 Å². The number of aryl methyl sites for hydroxylation is 2. The molecule has 3 aromatic rings. The summed E-state index contributed by atoms with van der Waals surface area (Å²) >= 11 is 7.46. The van der Waals surface area contributed by atoms with Gasteiger partial charge in [-0.1, -0.05) is 6.07 Å². The zero-order valence-electron chi connectivity index (χ0n) is 10.9. The van der Waals surface area contributed by atoms with Crippen molar-refractivity contribution in [2.24, 2.45) is 0 Å². The molecule has 0 saturated carbocycles. The van der Waals surface area contributed by atoms with Gasteiger partial charge in [-0.25, -0.2) is 14.4 Å². The van der Waals surface area contributed by atoms with E-state index in [-0.39, 0.29) is 5.82 Å². The lowest BCUT2D eigenvalue weighted by Gasteiger charge is -2.06. The van der Waals surface area contributed by atoms with Crippen LogP contribution in [0.5, 0.6) is 0 Å². The summed E-state index contributed by atoms with van der Waals surface area (Å²) in [5.41, 5.74) is 1.21. The smallest absolute Gasteiger partial charge is 0.151 e. The number of fused-ring (bicyclic) bond motifs is 1. The van der Waals surface area contributed by atoms with Gasteiger partial charge in [0.1, 0.15) is 11.3 Å². The number of nitrogens with zero attached hydrogens (tertiary/aromatic N) is 3. The van der Waals surface area contributed by atoms with Gasteiger partial charge in [0.15, 0.2) is 5.82 Å². The van der Waals surface area contributed by atoms with E-state index in [0.29, 0.717) is 24.4 Å². The number of thiazole rings is 1. The van der Waals surface area contributed by atoms with Crippen LogP contribution in [0.25, 0.3) is 11.0 Å². The number of para-hydroxylation sites is 1. The average Bonchev–Trinajstić information content (AvgIpc) is 2.97. The van der Waals surface area contributed by atoms with E-state index < -0.39 is 0 Å². The molecule has 0 amide bonds. The standard InChI is InChI=1S/C14H13ClFN3S/c1-9-17-7-10(20-9)8-19-12-4-2-3-11(16)14(12)18-13(19)5-6-15/h2-4,7H,5-6,8H2,1H3. The fraction of sp³-hybridized carbons (Fsp3) is 0.286. The largest absolute Gasteiger partial charge is 0.322 e. The van der Waals surface area contributed by atoms with Gasteiger partial charge in [0.25, 0.3) is 0 Å². The normalized spacial score (nSPS) is 11.3. The third kappa shape index (κ3) is 2.43. The zero-order chi connectivity index (χ0) is 14.1. The van der Waals surface area contributed by atoms with E-state index in [9.17, 15) is 4.39 Å². The van der Waals surface area contributed by atoms with Gasteiger partial charge in [-0.3, -0.25) is 0 Å². The number of hydrogen-bond donors (Lipinski definition) is 0. The summed E-state index contributed by atoms with van der Waals surface area (Å²) in [6.07, 6.45) is 2.48. The van der Waals surface area contributed by atoms with Gasteiger partial charge < -0.3 is 4.57 Å². The predicted octanol–water partition coefficient (Wildman–Crippen LogP) is 3.77. The molecule has 3 rings (SSSR count). The number of halogens is 2. The first-order valence-corrected chi connectivity index (χ1v) is 7.65. The maximum atomic E-state index is 13.8. The number of hydrogen-bond acceptors (Lipinski definition) is 3. The van der Waals surface area contributed by atoms with Crippen LogP contribution >= 0.6 is 22.9 Å². The van der Waals surface area contributed by atoms with Gasteiger partial charge in [-0.05, 0) is 19.1 Å². The quantitative estimate of drug-likeness (QED) is 0.687. The SMILES string of the molecule is Cc1ncc(Cn2c(CCCl)nc3c(F)cccc32)s1. The summed E-state index contributed by atoms with van der Waals surface area (Å²) in [6, 6.07) is 5.02. The van der Waals surface area contributed by atoms with Crippen molar-refractivity contribution >= 4 is 34.0 Å². The fourth-order valence-electron chi connectivity index (χ4n) is 2.25.